The topological polar surface area (TPSA) is 34.1 Å². The first kappa shape index (κ1) is 16.2. The lowest BCUT2D eigenvalue weighted by atomic mass is 10.0. The van der Waals surface area contributed by atoms with Gasteiger partial charge in [-0.05, 0) is 34.4 Å². The molecular weight excluding hydrogens is 319 g/mol. The highest BCUT2D eigenvalue weighted by Gasteiger charge is 2.02. The fourth-order valence-corrected chi connectivity index (χ4v) is 2.31. The molecule has 0 aliphatic carbocycles. The van der Waals surface area contributed by atoms with E-state index in [-0.39, 0.29) is 0 Å². The predicted octanol–water partition coefficient (Wildman–Crippen LogP) is 4.91. The number of rotatable bonds is 5. The van der Waals surface area contributed by atoms with Gasteiger partial charge >= 0.3 is 0 Å². The van der Waals surface area contributed by atoms with Crippen LogP contribution in [0.25, 0.3) is 21.2 Å². The summed E-state index contributed by atoms with van der Waals surface area (Å²) in [5.74, 6) is 0. The van der Waals surface area contributed by atoms with Gasteiger partial charge < -0.3 is 0 Å². The minimum Gasteiger partial charge on any atom is -0.299 e. The maximum Gasteiger partial charge on any atom is 0.144 e. The van der Waals surface area contributed by atoms with E-state index < -0.39 is 0 Å². The summed E-state index contributed by atoms with van der Waals surface area (Å²) in [7, 11) is 0. The maximum atomic E-state index is 10.4. The number of aldehydes is 2. The van der Waals surface area contributed by atoms with Gasteiger partial charge in [-0.3, -0.25) is 9.59 Å². The Hall–Kier alpha value is -2.16. The van der Waals surface area contributed by atoms with Crippen molar-refractivity contribution in [2.45, 2.75) is 0 Å². The van der Waals surface area contributed by atoms with Crippen molar-refractivity contribution in [2.75, 3.05) is 0 Å². The van der Waals surface area contributed by atoms with Crippen LogP contribution in [0.5, 0.6) is 0 Å². The molecule has 0 saturated heterocycles. The lowest BCUT2D eigenvalue weighted by molar-refractivity contribution is -0.104. The monoisotopic (exact) mass is 330 g/mol. The number of hydrogen-bond acceptors (Lipinski definition) is 2. The summed E-state index contributed by atoms with van der Waals surface area (Å²) in [6.07, 6.45) is 3.94. The Labute approximate surface area is 138 Å². The molecular formula is C18H12Cl2O2. The average Bonchev–Trinajstić information content (AvgIpc) is 2.55. The van der Waals surface area contributed by atoms with Crippen LogP contribution in [0.3, 0.4) is 0 Å². The second-order valence-corrected chi connectivity index (χ2v) is 5.27. The van der Waals surface area contributed by atoms with Gasteiger partial charge in [0.2, 0.25) is 0 Å². The molecule has 2 aromatic carbocycles. The molecule has 0 atom stereocenters. The van der Waals surface area contributed by atoms with E-state index in [1.165, 1.54) is 12.2 Å². The molecule has 0 aliphatic rings. The van der Waals surface area contributed by atoms with Crippen LogP contribution in [0.2, 0.25) is 0 Å². The van der Waals surface area contributed by atoms with E-state index in [1.807, 2.05) is 48.5 Å². The SMILES string of the molecule is O=C/C=C(/Cl)c1ccc(-c2ccc(/C(Cl)=C\C=O)cc2)cc1. The van der Waals surface area contributed by atoms with Crippen molar-refractivity contribution in [2.24, 2.45) is 0 Å². The molecule has 0 saturated carbocycles. The van der Waals surface area contributed by atoms with Crippen molar-refractivity contribution in [3.05, 3.63) is 71.8 Å². The molecule has 0 bridgehead atoms. The van der Waals surface area contributed by atoms with Crippen LogP contribution >= 0.6 is 23.2 Å². The quantitative estimate of drug-likeness (QED) is 0.576. The van der Waals surface area contributed by atoms with Crippen LogP contribution in [0, 0.1) is 0 Å². The number of carbonyl (C=O) groups is 2. The highest BCUT2D eigenvalue weighted by Crippen LogP contribution is 2.26. The first-order valence-electron chi connectivity index (χ1n) is 6.49. The van der Waals surface area contributed by atoms with Crippen molar-refractivity contribution in [3.63, 3.8) is 0 Å². The Balaban J connectivity index is 2.25. The first-order chi connectivity index (χ1) is 10.7. The number of hydrogen-bond donors (Lipinski definition) is 0. The fraction of sp³-hybridized carbons (Fsp3) is 0. The number of benzene rings is 2. The molecule has 110 valence electrons. The van der Waals surface area contributed by atoms with Gasteiger partial charge in [0.05, 0.1) is 10.1 Å². The van der Waals surface area contributed by atoms with E-state index in [4.69, 9.17) is 23.2 Å². The van der Waals surface area contributed by atoms with Gasteiger partial charge in [-0.15, -0.1) is 0 Å². The van der Waals surface area contributed by atoms with E-state index in [0.717, 1.165) is 22.3 Å². The molecule has 0 N–H and O–H groups in total. The van der Waals surface area contributed by atoms with Gasteiger partial charge in [0, 0.05) is 0 Å². The molecule has 0 aromatic heterocycles. The van der Waals surface area contributed by atoms with E-state index in [9.17, 15) is 9.59 Å². The molecule has 0 aliphatic heterocycles. The van der Waals surface area contributed by atoms with E-state index in [0.29, 0.717) is 22.6 Å². The third-order valence-corrected chi connectivity index (χ3v) is 3.77. The Morgan fingerprint density at radius 1 is 0.636 bits per heavy atom. The average molecular weight is 331 g/mol. The molecule has 4 heteroatoms. The summed E-state index contributed by atoms with van der Waals surface area (Å²) in [6.45, 7) is 0. The molecule has 0 amide bonds. The van der Waals surface area contributed by atoms with Crippen LogP contribution in [0.4, 0.5) is 0 Å². The highest BCUT2D eigenvalue weighted by molar-refractivity contribution is 6.50. The fourth-order valence-electron chi connectivity index (χ4n) is 1.96. The van der Waals surface area contributed by atoms with Crippen LogP contribution in [0.15, 0.2) is 60.7 Å². The number of carbonyl (C=O) groups excluding carboxylic acids is 2. The molecule has 0 fully saturated rings. The Bertz CT molecular complexity index is 661. The van der Waals surface area contributed by atoms with E-state index in [2.05, 4.69) is 0 Å². The molecule has 0 radical (unpaired) electrons. The summed E-state index contributed by atoms with van der Waals surface area (Å²) in [6, 6.07) is 15.1. The van der Waals surface area contributed by atoms with Crippen molar-refractivity contribution in [1.82, 2.24) is 0 Å². The van der Waals surface area contributed by atoms with Gasteiger partial charge in [0.25, 0.3) is 0 Å². The Kier molecular flexibility index (Phi) is 5.70. The summed E-state index contributed by atoms with van der Waals surface area (Å²) >= 11 is 11.9. The minimum absolute atomic E-state index is 0.405. The largest absolute Gasteiger partial charge is 0.299 e. The lowest BCUT2D eigenvalue weighted by Crippen LogP contribution is -1.83. The summed E-state index contributed by atoms with van der Waals surface area (Å²) in [5.41, 5.74) is 3.60. The molecule has 2 aromatic rings. The Morgan fingerprint density at radius 3 is 1.23 bits per heavy atom. The minimum atomic E-state index is 0.405. The molecule has 0 unspecified atom stereocenters. The molecule has 22 heavy (non-hydrogen) atoms. The first-order valence-corrected chi connectivity index (χ1v) is 7.24. The zero-order valence-corrected chi connectivity index (χ0v) is 13.0. The second-order valence-electron chi connectivity index (χ2n) is 4.46. The van der Waals surface area contributed by atoms with Gasteiger partial charge in [0.15, 0.2) is 0 Å². The van der Waals surface area contributed by atoms with Crippen LogP contribution < -0.4 is 0 Å². The third kappa shape index (κ3) is 3.94. The van der Waals surface area contributed by atoms with Crippen LogP contribution in [-0.2, 0) is 9.59 Å². The van der Waals surface area contributed by atoms with Crippen LogP contribution in [0.1, 0.15) is 11.1 Å². The summed E-state index contributed by atoms with van der Waals surface area (Å²) < 4.78 is 0. The molecule has 2 rings (SSSR count). The smallest absolute Gasteiger partial charge is 0.144 e. The van der Waals surface area contributed by atoms with Crippen molar-refractivity contribution in [1.29, 1.82) is 0 Å². The Morgan fingerprint density at radius 2 is 0.955 bits per heavy atom. The lowest BCUT2D eigenvalue weighted by Gasteiger charge is -2.05. The number of allylic oxidation sites excluding steroid dienone is 2. The van der Waals surface area contributed by atoms with Gasteiger partial charge in [-0.25, -0.2) is 0 Å². The van der Waals surface area contributed by atoms with E-state index >= 15 is 0 Å². The maximum absolute atomic E-state index is 10.4. The van der Waals surface area contributed by atoms with Gasteiger partial charge in [-0.1, -0.05) is 71.7 Å². The summed E-state index contributed by atoms with van der Waals surface area (Å²) in [5, 5.41) is 0.811. The van der Waals surface area contributed by atoms with Gasteiger partial charge in [0.1, 0.15) is 12.6 Å². The molecule has 2 nitrogen and oxygen atoms in total. The second kappa shape index (κ2) is 7.74. The predicted molar refractivity (Wildman–Crippen MR) is 91.7 cm³/mol. The highest BCUT2D eigenvalue weighted by atomic mass is 35.5. The van der Waals surface area contributed by atoms with Crippen molar-refractivity contribution in [3.8, 4) is 11.1 Å². The standard InChI is InChI=1S/C18H12Cl2O2/c19-17(9-11-21)15-5-1-13(2-6-15)14-3-7-16(8-4-14)18(20)10-12-22/h1-12H/b17-9+,18-10+. The number of halogens is 2. The summed E-state index contributed by atoms with van der Waals surface area (Å²) in [4.78, 5) is 20.8. The molecule has 0 spiro atoms. The molecule has 0 heterocycles. The van der Waals surface area contributed by atoms with Crippen molar-refractivity contribution < 1.29 is 9.59 Å². The zero-order valence-electron chi connectivity index (χ0n) is 11.5. The van der Waals surface area contributed by atoms with Gasteiger partial charge in [-0.2, -0.15) is 0 Å². The normalized spacial score (nSPS) is 12.1. The van der Waals surface area contributed by atoms with E-state index in [1.54, 1.807) is 0 Å². The van der Waals surface area contributed by atoms with Crippen LogP contribution in [-0.4, -0.2) is 12.6 Å². The van der Waals surface area contributed by atoms with Crippen molar-refractivity contribution >= 4 is 45.8 Å². The zero-order chi connectivity index (χ0) is 15.9. The third-order valence-electron chi connectivity index (χ3n) is 3.08.